The van der Waals surface area contributed by atoms with Gasteiger partial charge in [0.25, 0.3) is 0 Å². The van der Waals surface area contributed by atoms with Gasteiger partial charge in [0.05, 0.1) is 0 Å². The number of hydrogen-bond donors (Lipinski definition) is 0. The summed E-state index contributed by atoms with van der Waals surface area (Å²) in [6.45, 7) is 4.66. The summed E-state index contributed by atoms with van der Waals surface area (Å²) in [6.07, 6.45) is 5.72. The highest BCUT2D eigenvalue weighted by Gasteiger charge is 2.32. The van der Waals surface area contributed by atoms with Crippen LogP contribution in [0, 0.1) is 0 Å². The number of likely N-dealkylation sites (tertiary alicyclic amines) is 1. The topological polar surface area (TPSA) is 36.7 Å². The lowest BCUT2D eigenvalue weighted by molar-refractivity contribution is 0.160. The number of piperidine rings is 1. The Morgan fingerprint density at radius 3 is 2.46 bits per heavy atom. The molecule has 2 aliphatic rings. The van der Waals surface area contributed by atoms with Gasteiger partial charge in [0.2, 0.25) is 0 Å². The van der Waals surface area contributed by atoms with E-state index in [0.29, 0.717) is 12.0 Å². The summed E-state index contributed by atoms with van der Waals surface area (Å²) < 4.78 is 2.16. The molecule has 0 radical (unpaired) electrons. The summed E-state index contributed by atoms with van der Waals surface area (Å²) in [4.78, 5) is 5.23. The molecule has 1 atom stereocenters. The average Bonchev–Trinajstić information content (AvgIpc) is 3.36. The van der Waals surface area contributed by atoms with E-state index in [9.17, 15) is 0 Å². The standard InChI is InChI=1S/C21H25N5/c1-2-6-18(7-3-1)25-15-11-19(16-25)24-13-9-17(10-14-24)21-23-22-20-8-4-5-12-26(20)21/h1-8,12,17,19H,9-11,13-16H2. The van der Waals surface area contributed by atoms with Crippen molar-refractivity contribution in [1.82, 2.24) is 19.5 Å². The largest absolute Gasteiger partial charge is 0.370 e. The Labute approximate surface area is 154 Å². The van der Waals surface area contributed by atoms with Crippen molar-refractivity contribution in [2.24, 2.45) is 0 Å². The molecule has 0 spiro atoms. The van der Waals surface area contributed by atoms with Crippen molar-refractivity contribution in [2.45, 2.75) is 31.2 Å². The van der Waals surface area contributed by atoms with Crippen LogP contribution in [0.3, 0.4) is 0 Å². The van der Waals surface area contributed by atoms with Crippen LogP contribution in [0.1, 0.15) is 31.0 Å². The average molecular weight is 347 g/mol. The van der Waals surface area contributed by atoms with Gasteiger partial charge in [0.1, 0.15) is 5.82 Å². The molecule has 134 valence electrons. The number of pyridine rings is 1. The Kier molecular flexibility index (Phi) is 4.09. The first kappa shape index (κ1) is 15.8. The van der Waals surface area contributed by atoms with Gasteiger partial charge in [-0.25, -0.2) is 0 Å². The maximum atomic E-state index is 4.48. The van der Waals surface area contributed by atoms with Crippen LogP contribution in [0.5, 0.6) is 0 Å². The van der Waals surface area contributed by atoms with E-state index < -0.39 is 0 Å². The zero-order valence-corrected chi connectivity index (χ0v) is 15.0. The van der Waals surface area contributed by atoms with Crippen LogP contribution in [0.15, 0.2) is 54.7 Å². The Morgan fingerprint density at radius 1 is 0.808 bits per heavy atom. The summed E-state index contributed by atoms with van der Waals surface area (Å²) in [5.74, 6) is 1.66. The maximum Gasteiger partial charge on any atom is 0.160 e. The zero-order chi connectivity index (χ0) is 17.3. The molecule has 0 aliphatic carbocycles. The fourth-order valence-corrected chi connectivity index (χ4v) is 4.57. The molecule has 0 bridgehead atoms. The molecule has 2 saturated heterocycles. The molecule has 2 aliphatic heterocycles. The molecule has 5 heteroatoms. The first-order valence-corrected chi connectivity index (χ1v) is 9.72. The third-order valence-electron chi connectivity index (χ3n) is 6.04. The molecule has 1 aromatic carbocycles. The number of benzene rings is 1. The monoisotopic (exact) mass is 347 g/mol. The van der Waals surface area contributed by atoms with Gasteiger partial charge in [-0.05, 0) is 56.6 Å². The smallest absolute Gasteiger partial charge is 0.160 e. The molecular formula is C21H25N5. The predicted octanol–water partition coefficient (Wildman–Crippen LogP) is 3.19. The minimum Gasteiger partial charge on any atom is -0.370 e. The van der Waals surface area contributed by atoms with Crippen LogP contribution >= 0.6 is 0 Å². The van der Waals surface area contributed by atoms with Gasteiger partial charge in [-0.1, -0.05) is 24.3 Å². The Morgan fingerprint density at radius 2 is 1.62 bits per heavy atom. The summed E-state index contributed by atoms with van der Waals surface area (Å²) in [7, 11) is 0. The first-order chi connectivity index (χ1) is 12.9. The fraction of sp³-hybridized carbons (Fsp3) is 0.429. The van der Waals surface area contributed by atoms with E-state index in [2.05, 4.69) is 67.0 Å². The lowest BCUT2D eigenvalue weighted by Crippen LogP contribution is -2.42. The summed E-state index contributed by atoms with van der Waals surface area (Å²) in [5.41, 5.74) is 2.32. The molecule has 5 rings (SSSR count). The molecule has 2 aromatic heterocycles. The highest BCUT2D eigenvalue weighted by atomic mass is 15.3. The first-order valence-electron chi connectivity index (χ1n) is 9.72. The Bertz CT molecular complexity index is 866. The van der Waals surface area contributed by atoms with Crippen molar-refractivity contribution >= 4 is 11.3 Å². The van der Waals surface area contributed by atoms with Crippen molar-refractivity contribution in [3.63, 3.8) is 0 Å². The van der Waals surface area contributed by atoms with Gasteiger partial charge < -0.3 is 4.90 Å². The van der Waals surface area contributed by atoms with E-state index in [4.69, 9.17) is 0 Å². The molecule has 5 nitrogen and oxygen atoms in total. The van der Waals surface area contributed by atoms with E-state index in [1.54, 1.807) is 0 Å². The van der Waals surface area contributed by atoms with E-state index >= 15 is 0 Å². The van der Waals surface area contributed by atoms with E-state index in [-0.39, 0.29) is 0 Å². The molecule has 3 aromatic rings. The van der Waals surface area contributed by atoms with Gasteiger partial charge in [0, 0.05) is 36.9 Å². The van der Waals surface area contributed by atoms with Crippen LogP contribution < -0.4 is 4.90 Å². The van der Waals surface area contributed by atoms with Crippen LogP contribution in [0.2, 0.25) is 0 Å². The Hall–Kier alpha value is -2.40. The van der Waals surface area contributed by atoms with Crippen molar-refractivity contribution in [1.29, 1.82) is 0 Å². The normalized spacial score (nSPS) is 22.3. The fourth-order valence-electron chi connectivity index (χ4n) is 4.57. The molecule has 2 fully saturated rings. The number of nitrogens with zero attached hydrogens (tertiary/aromatic N) is 5. The van der Waals surface area contributed by atoms with Crippen LogP contribution in [-0.4, -0.2) is 51.7 Å². The second-order valence-corrected chi connectivity index (χ2v) is 7.52. The summed E-state index contributed by atoms with van der Waals surface area (Å²) >= 11 is 0. The molecule has 4 heterocycles. The number of anilines is 1. The number of rotatable bonds is 3. The number of fused-ring (bicyclic) bond motifs is 1. The van der Waals surface area contributed by atoms with Crippen LogP contribution in [0.4, 0.5) is 5.69 Å². The molecule has 0 N–H and O–H groups in total. The van der Waals surface area contributed by atoms with Crippen molar-refractivity contribution in [3.8, 4) is 0 Å². The van der Waals surface area contributed by atoms with Crippen molar-refractivity contribution in [2.75, 3.05) is 31.1 Å². The number of hydrogen-bond acceptors (Lipinski definition) is 4. The van der Waals surface area contributed by atoms with E-state index in [1.165, 1.54) is 44.6 Å². The predicted molar refractivity (Wildman–Crippen MR) is 104 cm³/mol. The van der Waals surface area contributed by atoms with E-state index in [1.807, 2.05) is 12.1 Å². The third kappa shape index (κ3) is 2.86. The molecular weight excluding hydrogens is 322 g/mol. The minimum atomic E-state index is 0.523. The van der Waals surface area contributed by atoms with E-state index in [0.717, 1.165) is 18.0 Å². The van der Waals surface area contributed by atoms with Crippen molar-refractivity contribution in [3.05, 3.63) is 60.6 Å². The highest BCUT2D eigenvalue weighted by molar-refractivity contribution is 5.47. The summed E-state index contributed by atoms with van der Waals surface area (Å²) in [5, 5.41) is 8.81. The molecule has 0 amide bonds. The zero-order valence-electron chi connectivity index (χ0n) is 15.0. The lowest BCUT2D eigenvalue weighted by atomic mass is 9.94. The Balaban J connectivity index is 1.22. The van der Waals surface area contributed by atoms with Gasteiger partial charge >= 0.3 is 0 Å². The quantitative estimate of drug-likeness (QED) is 0.729. The van der Waals surface area contributed by atoms with Crippen LogP contribution in [-0.2, 0) is 0 Å². The third-order valence-corrected chi connectivity index (χ3v) is 6.04. The molecule has 1 unspecified atom stereocenters. The highest BCUT2D eigenvalue weighted by Crippen LogP contribution is 2.30. The lowest BCUT2D eigenvalue weighted by Gasteiger charge is -2.35. The SMILES string of the molecule is c1ccc(N2CCC(N3CCC(c4nnc5ccccn45)CC3)C2)cc1. The minimum absolute atomic E-state index is 0.523. The summed E-state index contributed by atoms with van der Waals surface area (Å²) in [6, 6.07) is 17.6. The van der Waals surface area contributed by atoms with Crippen molar-refractivity contribution < 1.29 is 0 Å². The van der Waals surface area contributed by atoms with Gasteiger partial charge in [-0.15, -0.1) is 10.2 Å². The number of para-hydroxylation sites is 1. The number of aromatic nitrogens is 3. The molecule has 0 saturated carbocycles. The van der Waals surface area contributed by atoms with Gasteiger partial charge in [-0.3, -0.25) is 9.30 Å². The maximum absolute atomic E-state index is 4.48. The second kappa shape index (κ2) is 6.72. The second-order valence-electron chi connectivity index (χ2n) is 7.52. The van der Waals surface area contributed by atoms with Gasteiger partial charge in [0.15, 0.2) is 5.65 Å². The van der Waals surface area contributed by atoms with Crippen LogP contribution in [0.25, 0.3) is 5.65 Å². The van der Waals surface area contributed by atoms with Gasteiger partial charge in [-0.2, -0.15) is 0 Å². The molecule has 26 heavy (non-hydrogen) atoms.